The van der Waals surface area contributed by atoms with Gasteiger partial charge in [-0.05, 0) is 24.6 Å². The second-order valence-corrected chi connectivity index (χ2v) is 5.75. The molecule has 0 unspecified atom stereocenters. The van der Waals surface area contributed by atoms with Crippen LogP contribution in [0.25, 0.3) is 0 Å². The molecule has 1 aliphatic heterocycles. The Labute approximate surface area is 144 Å². The number of phenols is 1. The van der Waals surface area contributed by atoms with Crippen LogP contribution < -0.4 is 14.2 Å². The molecule has 1 heterocycles. The molecular formula is C19H18O6. The van der Waals surface area contributed by atoms with Crippen LogP contribution in [0.3, 0.4) is 0 Å². The predicted molar refractivity (Wildman–Crippen MR) is 90.1 cm³/mol. The summed E-state index contributed by atoms with van der Waals surface area (Å²) in [6.07, 6.45) is 0.0453. The van der Waals surface area contributed by atoms with E-state index in [1.165, 1.54) is 7.11 Å². The summed E-state index contributed by atoms with van der Waals surface area (Å²) in [4.78, 5) is 24.2. The molecule has 0 fully saturated rings. The zero-order valence-electron chi connectivity index (χ0n) is 14.2. The number of hydrogen-bond donors (Lipinski definition) is 1. The molecule has 6 nitrogen and oxygen atoms in total. The van der Waals surface area contributed by atoms with E-state index in [1.54, 1.807) is 32.2 Å². The van der Waals surface area contributed by atoms with Crippen molar-refractivity contribution in [1.29, 1.82) is 0 Å². The Hall–Kier alpha value is -3.02. The second kappa shape index (κ2) is 6.47. The van der Waals surface area contributed by atoms with Crippen LogP contribution in [0.5, 0.6) is 23.0 Å². The molecule has 0 aromatic heterocycles. The smallest absolute Gasteiger partial charge is 0.174 e. The van der Waals surface area contributed by atoms with Gasteiger partial charge >= 0.3 is 0 Å². The minimum atomic E-state index is -0.583. The highest BCUT2D eigenvalue weighted by atomic mass is 16.5. The SMILES string of the molecule is COc1cccc([C@@H]2CC(=O)c3c(O)c(C)c(OC)c(C=O)c3O2)c1. The Balaban J connectivity index is 2.14. The van der Waals surface area contributed by atoms with Gasteiger partial charge in [-0.2, -0.15) is 0 Å². The quantitative estimate of drug-likeness (QED) is 0.859. The normalized spacial score (nSPS) is 16.0. The molecule has 0 amide bonds. The minimum absolute atomic E-state index is 0.0274. The highest BCUT2D eigenvalue weighted by Gasteiger charge is 2.35. The van der Waals surface area contributed by atoms with Crippen molar-refractivity contribution in [3.63, 3.8) is 0 Å². The second-order valence-electron chi connectivity index (χ2n) is 5.75. The fourth-order valence-corrected chi connectivity index (χ4v) is 3.08. The van der Waals surface area contributed by atoms with Gasteiger partial charge in [-0.1, -0.05) is 12.1 Å². The van der Waals surface area contributed by atoms with E-state index in [0.29, 0.717) is 17.6 Å². The molecule has 0 bridgehead atoms. The number of aromatic hydroxyl groups is 1. The summed E-state index contributed by atoms with van der Waals surface area (Å²) in [6.45, 7) is 1.59. The van der Waals surface area contributed by atoms with Crippen molar-refractivity contribution in [2.45, 2.75) is 19.4 Å². The number of methoxy groups -OCH3 is 2. The van der Waals surface area contributed by atoms with Crippen LogP contribution in [0.15, 0.2) is 24.3 Å². The minimum Gasteiger partial charge on any atom is -0.507 e. The van der Waals surface area contributed by atoms with Crippen molar-refractivity contribution in [2.24, 2.45) is 0 Å². The lowest BCUT2D eigenvalue weighted by Gasteiger charge is -2.28. The van der Waals surface area contributed by atoms with Gasteiger partial charge in [-0.15, -0.1) is 0 Å². The van der Waals surface area contributed by atoms with Gasteiger partial charge in [0.1, 0.15) is 34.7 Å². The lowest BCUT2D eigenvalue weighted by Crippen LogP contribution is -2.22. The Bertz CT molecular complexity index is 855. The molecule has 130 valence electrons. The Morgan fingerprint density at radius 1 is 1.28 bits per heavy atom. The summed E-state index contributed by atoms with van der Waals surface area (Å²) in [5.74, 6) is 0.385. The Morgan fingerprint density at radius 2 is 2.04 bits per heavy atom. The van der Waals surface area contributed by atoms with Crippen molar-refractivity contribution in [3.8, 4) is 23.0 Å². The van der Waals surface area contributed by atoms with E-state index in [0.717, 1.165) is 5.56 Å². The van der Waals surface area contributed by atoms with Gasteiger partial charge in [-0.25, -0.2) is 0 Å². The number of ether oxygens (including phenoxy) is 3. The number of ketones is 1. The molecule has 3 rings (SSSR count). The fraction of sp³-hybridized carbons (Fsp3) is 0.263. The molecule has 2 aromatic rings. The number of phenolic OH excluding ortho intramolecular Hbond substituents is 1. The standard InChI is InChI=1S/C19H18O6/c1-10-17(22)16-14(21)8-15(11-5-4-6-12(7-11)23-2)25-19(16)13(9-20)18(10)24-3/h4-7,9,15,22H,8H2,1-3H3/t15-/m0/s1. The van der Waals surface area contributed by atoms with Crippen LogP contribution in [0, 0.1) is 6.92 Å². The molecule has 0 radical (unpaired) electrons. The van der Waals surface area contributed by atoms with E-state index in [-0.39, 0.29) is 40.6 Å². The first-order valence-electron chi connectivity index (χ1n) is 7.74. The van der Waals surface area contributed by atoms with Crippen LogP contribution in [0.4, 0.5) is 0 Å². The number of carbonyl (C=O) groups is 2. The van der Waals surface area contributed by atoms with Gasteiger partial charge in [0.05, 0.1) is 26.2 Å². The summed E-state index contributed by atoms with van der Waals surface area (Å²) in [6, 6.07) is 7.18. The molecule has 0 aliphatic carbocycles. The van der Waals surface area contributed by atoms with Crippen molar-refractivity contribution >= 4 is 12.1 Å². The number of hydrogen-bond acceptors (Lipinski definition) is 6. The third-order valence-corrected chi connectivity index (χ3v) is 4.35. The first-order chi connectivity index (χ1) is 12.0. The molecule has 0 spiro atoms. The van der Waals surface area contributed by atoms with Gasteiger partial charge in [0.25, 0.3) is 0 Å². The maximum atomic E-state index is 12.6. The van der Waals surface area contributed by atoms with E-state index < -0.39 is 6.10 Å². The van der Waals surface area contributed by atoms with Gasteiger partial charge in [0.2, 0.25) is 0 Å². The summed E-state index contributed by atoms with van der Waals surface area (Å²) in [7, 11) is 2.95. The molecule has 1 atom stereocenters. The average Bonchev–Trinajstić information content (AvgIpc) is 2.63. The van der Waals surface area contributed by atoms with E-state index in [9.17, 15) is 14.7 Å². The average molecular weight is 342 g/mol. The van der Waals surface area contributed by atoms with Gasteiger partial charge in [-0.3, -0.25) is 9.59 Å². The molecule has 0 saturated carbocycles. The molecule has 1 N–H and O–H groups in total. The zero-order valence-corrected chi connectivity index (χ0v) is 14.2. The van der Waals surface area contributed by atoms with E-state index in [2.05, 4.69) is 0 Å². The third kappa shape index (κ3) is 2.69. The molecule has 6 heteroatoms. The van der Waals surface area contributed by atoms with E-state index in [1.807, 2.05) is 6.07 Å². The molecule has 1 aliphatic rings. The summed E-state index contributed by atoms with van der Waals surface area (Å²) >= 11 is 0. The number of rotatable bonds is 4. The Morgan fingerprint density at radius 3 is 2.68 bits per heavy atom. The van der Waals surface area contributed by atoms with E-state index in [4.69, 9.17) is 14.2 Å². The van der Waals surface area contributed by atoms with Crippen molar-refractivity contribution in [3.05, 3.63) is 46.5 Å². The van der Waals surface area contributed by atoms with Gasteiger partial charge in [0.15, 0.2) is 12.1 Å². The topological polar surface area (TPSA) is 82.1 Å². The highest BCUT2D eigenvalue weighted by molar-refractivity contribution is 6.06. The fourth-order valence-electron chi connectivity index (χ4n) is 3.08. The number of fused-ring (bicyclic) bond motifs is 1. The van der Waals surface area contributed by atoms with Crippen LogP contribution in [0.1, 0.15) is 44.4 Å². The summed E-state index contributed by atoms with van der Waals surface area (Å²) in [5.41, 5.74) is 1.22. The van der Waals surface area contributed by atoms with Crippen molar-refractivity contribution < 1.29 is 28.9 Å². The number of Topliss-reactive ketones (excluding diaryl/α,β-unsaturated/α-hetero) is 1. The summed E-state index contributed by atoms with van der Waals surface area (Å²) < 4.78 is 16.4. The molecule has 2 aromatic carbocycles. The van der Waals surface area contributed by atoms with Crippen LogP contribution in [-0.4, -0.2) is 31.4 Å². The molecular weight excluding hydrogens is 324 g/mol. The van der Waals surface area contributed by atoms with Crippen molar-refractivity contribution in [1.82, 2.24) is 0 Å². The summed E-state index contributed by atoms with van der Waals surface area (Å²) in [5, 5.41) is 10.4. The predicted octanol–water partition coefficient (Wildman–Crippen LogP) is 3.24. The van der Waals surface area contributed by atoms with Crippen LogP contribution >= 0.6 is 0 Å². The zero-order chi connectivity index (χ0) is 18.1. The van der Waals surface area contributed by atoms with Crippen molar-refractivity contribution in [2.75, 3.05) is 14.2 Å². The maximum Gasteiger partial charge on any atom is 0.174 e. The van der Waals surface area contributed by atoms with Crippen LogP contribution in [0.2, 0.25) is 0 Å². The highest BCUT2D eigenvalue weighted by Crippen LogP contribution is 2.47. The number of aldehydes is 1. The van der Waals surface area contributed by atoms with Gasteiger partial charge in [0, 0.05) is 5.56 Å². The lowest BCUT2D eigenvalue weighted by molar-refractivity contribution is 0.0841. The first kappa shape index (κ1) is 16.8. The van der Waals surface area contributed by atoms with Gasteiger partial charge < -0.3 is 19.3 Å². The maximum absolute atomic E-state index is 12.6. The number of benzene rings is 2. The third-order valence-electron chi connectivity index (χ3n) is 4.35. The number of carbonyl (C=O) groups excluding carboxylic acids is 2. The monoisotopic (exact) mass is 342 g/mol. The Kier molecular flexibility index (Phi) is 4.35. The van der Waals surface area contributed by atoms with Crippen LogP contribution in [-0.2, 0) is 0 Å². The largest absolute Gasteiger partial charge is 0.507 e. The molecule has 0 saturated heterocycles. The molecule has 25 heavy (non-hydrogen) atoms. The first-order valence-corrected chi connectivity index (χ1v) is 7.74. The van der Waals surface area contributed by atoms with E-state index >= 15 is 0 Å². The lowest BCUT2D eigenvalue weighted by atomic mass is 9.91.